The summed E-state index contributed by atoms with van der Waals surface area (Å²) in [4.78, 5) is 11.6. The van der Waals surface area contributed by atoms with E-state index >= 15 is 0 Å². The molecular weight excluding hydrogens is 270 g/mol. The maximum atomic E-state index is 11.6. The van der Waals surface area contributed by atoms with Gasteiger partial charge in [-0.1, -0.05) is 23.4 Å². The van der Waals surface area contributed by atoms with Crippen molar-refractivity contribution >= 4 is 5.84 Å². The van der Waals surface area contributed by atoms with E-state index in [0.29, 0.717) is 24.5 Å². The number of pyridine rings is 1. The van der Waals surface area contributed by atoms with E-state index in [-0.39, 0.29) is 11.4 Å². The third-order valence-corrected chi connectivity index (χ3v) is 3.08. The molecule has 1 aromatic carbocycles. The van der Waals surface area contributed by atoms with Gasteiger partial charge in [0, 0.05) is 17.8 Å². The van der Waals surface area contributed by atoms with Crippen molar-refractivity contribution in [2.24, 2.45) is 10.9 Å². The Morgan fingerprint density at radius 2 is 2.19 bits per heavy atom. The SMILES string of the molecule is Cc1ccc(/C(N)=N/O)cc1OCCn1ccccc1=O. The first kappa shape index (κ1) is 14.6. The minimum Gasteiger partial charge on any atom is -0.491 e. The van der Waals surface area contributed by atoms with Gasteiger partial charge in [0.25, 0.3) is 5.56 Å². The lowest BCUT2D eigenvalue weighted by molar-refractivity contribution is 0.294. The van der Waals surface area contributed by atoms with Crippen molar-refractivity contribution in [3.05, 3.63) is 64.1 Å². The highest BCUT2D eigenvalue weighted by Gasteiger charge is 2.05. The zero-order valence-electron chi connectivity index (χ0n) is 11.7. The number of benzene rings is 1. The van der Waals surface area contributed by atoms with Gasteiger partial charge in [0.2, 0.25) is 0 Å². The second kappa shape index (κ2) is 6.60. The number of hydrogen-bond donors (Lipinski definition) is 2. The topological polar surface area (TPSA) is 89.8 Å². The molecule has 2 rings (SSSR count). The lowest BCUT2D eigenvalue weighted by Gasteiger charge is -2.11. The fourth-order valence-electron chi connectivity index (χ4n) is 1.87. The summed E-state index contributed by atoms with van der Waals surface area (Å²) in [6.45, 7) is 2.71. The monoisotopic (exact) mass is 287 g/mol. The number of aryl methyl sites for hydroxylation is 1. The van der Waals surface area contributed by atoms with Gasteiger partial charge in [-0.3, -0.25) is 4.79 Å². The minimum absolute atomic E-state index is 0.0270. The number of aromatic nitrogens is 1. The second-order valence-electron chi connectivity index (χ2n) is 4.55. The number of oxime groups is 1. The van der Waals surface area contributed by atoms with Gasteiger partial charge in [0.15, 0.2) is 5.84 Å². The van der Waals surface area contributed by atoms with E-state index in [9.17, 15) is 4.79 Å². The standard InChI is InChI=1S/C15H17N3O3/c1-11-5-6-12(15(16)17-20)10-13(11)21-9-8-18-7-3-2-4-14(18)19/h2-7,10,20H,8-9H2,1H3,(H2,16,17). The molecule has 110 valence electrons. The predicted molar refractivity (Wildman–Crippen MR) is 79.9 cm³/mol. The van der Waals surface area contributed by atoms with E-state index < -0.39 is 0 Å². The van der Waals surface area contributed by atoms with Gasteiger partial charge in [-0.05, 0) is 24.6 Å². The average molecular weight is 287 g/mol. The molecule has 0 amide bonds. The minimum atomic E-state index is -0.0665. The zero-order chi connectivity index (χ0) is 15.2. The van der Waals surface area contributed by atoms with Crippen LogP contribution in [0.25, 0.3) is 0 Å². The quantitative estimate of drug-likeness (QED) is 0.376. The summed E-state index contributed by atoms with van der Waals surface area (Å²) < 4.78 is 7.25. The van der Waals surface area contributed by atoms with Gasteiger partial charge in [-0.15, -0.1) is 0 Å². The summed E-state index contributed by atoms with van der Waals surface area (Å²) in [6.07, 6.45) is 1.71. The fraction of sp³-hybridized carbons (Fsp3) is 0.200. The Kier molecular flexibility index (Phi) is 4.61. The molecule has 0 unspecified atom stereocenters. The van der Waals surface area contributed by atoms with Crippen LogP contribution in [-0.2, 0) is 6.54 Å². The van der Waals surface area contributed by atoms with Crippen LogP contribution in [0, 0.1) is 6.92 Å². The molecule has 0 aliphatic heterocycles. The number of rotatable bonds is 5. The van der Waals surface area contributed by atoms with E-state index in [1.54, 1.807) is 35.0 Å². The van der Waals surface area contributed by atoms with Crippen LogP contribution in [0.2, 0.25) is 0 Å². The van der Waals surface area contributed by atoms with Crippen LogP contribution in [0.15, 0.2) is 52.5 Å². The molecule has 1 aromatic heterocycles. The molecule has 1 heterocycles. The Bertz CT molecular complexity index is 707. The molecule has 0 radical (unpaired) electrons. The molecule has 0 spiro atoms. The largest absolute Gasteiger partial charge is 0.491 e. The van der Waals surface area contributed by atoms with Crippen molar-refractivity contribution in [3.63, 3.8) is 0 Å². The Labute approximate surface area is 122 Å². The summed E-state index contributed by atoms with van der Waals surface area (Å²) in [6, 6.07) is 10.3. The lowest BCUT2D eigenvalue weighted by atomic mass is 10.1. The molecule has 0 saturated heterocycles. The van der Waals surface area contributed by atoms with Crippen LogP contribution >= 0.6 is 0 Å². The highest BCUT2D eigenvalue weighted by atomic mass is 16.5. The van der Waals surface area contributed by atoms with Crippen molar-refractivity contribution in [2.75, 3.05) is 6.61 Å². The summed E-state index contributed by atoms with van der Waals surface area (Å²) in [5.74, 6) is 0.669. The van der Waals surface area contributed by atoms with Crippen molar-refractivity contribution in [1.29, 1.82) is 0 Å². The molecule has 0 atom stereocenters. The summed E-state index contributed by atoms with van der Waals surface area (Å²) >= 11 is 0. The predicted octanol–water partition coefficient (Wildman–Crippen LogP) is 1.33. The van der Waals surface area contributed by atoms with Crippen molar-refractivity contribution in [2.45, 2.75) is 13.5 Å². The molecule has 0 bridgehead atoms. The van der Waals surface area contributed by atoms with Gasteiger partial charge in [-0.2, -0.15) is 0 Å². The van der Waals surface area contributed by atoms with Gasteiger partial charge in [0.05, 0.1) is 6.54 Å². The molecule has 3 N–H and O–H groups in total. The number of hydrogen-bond acceptors (Lipinski definition) is 4. The maximum Gasteiger partial charge on any atom is 0.250 e. The third kappa shape index (κ3) is 3.62. The van der Waals surface area contributed by atoms with E-state index in [0.717, 1.165) is 5.56 Å². The first-order valence-electron chi connectivity index (χ1n) is 6.48. The fourth-order valence-corrected chi connectivity index (χ4v) is 1.87. The van der Waals surface area contributed by atoms with Crippen molar-refractivity contribution in [3.8, 4) is 5.75 Å². The normalized spacial score (nSPS) is 11.4. The van der Waals surface area contributed by atoms with Gasteiger partial charge < -0.3 is 20.2 Å². The molecular formula is C15H17N3O3. The summed E-state index contributed by atoms with van der Waals surface area (Å²) in [7, 11) is 0. The highest BCUT2D eigenvalue weighted by Crippen LogP contribution is 2.19. The Morgan fingerprint density at radius 1 is 1.38 bits per heavy atom. The van der Waals surface area contributed by atoms with Crippen LogP contribution in [0.1, 0.15) is 11.1 Å². The van der Waals surface area contributed by atoms with E-state index in [1.165, 1.54) is 6.07 Å². The van der Waals surface area contributed by atoms with Crippen molar-refractivity contribution in [1.82, 2.24) is 4.57 Å². The average Bonchev–Trinajstić information content (AvgIpc) is 2.50. The van der Waals surface area contributed by atoms with E-state index in [1.807, 2.05) is 13.0 Å². The van der Waals surface area contributed by atoms with Gasteiger partial charge >= 0.3 is 0 Å². The van der Waals surface area contributed by atoms with E-state index in [4.69, 9.17) is 15.7 Å². The van der Waals surface area contributed by atoms with Crippen molar-refractivity contribution < 1.29 is 9.94 Å². The molecule has 6 nitrogen and oxygen atoms in total. The Balaban J connectivity index is 2.06. The Morgan fingerprint density at radius 3 is 2.90 bits per heavy atom. The summed E-state index contributed by atoms with van der Waals surface area (Å²) in [5.41, 5.74) is 7.00. The molecule has 0 aliphatic carbocycles. The molecule has 0 saturated carbocycles. The molecule has 2 aromatic rings. The second-order valence-corrected chi connectivity index (χ2v) is 4.55. The maximum absolute atomic E-state index is 11.6. The molecule has 21 heavy (non-hydrogen) atoms. The molecule has 0 fully saturated rings. The van der Waals surface area contributed by atoms with Gasteiger partial charge in [-0.25, -0.2) is 0 Å². The number of amidine groups is 1. The van der Waals surface area contributed by atoms with Crippen LogP contribution in [-0.4, -0.2) is 22.2 Å². The van der Waals surface area contributed by atoms with Crippen LogP contribution in [0.5, 0.6) is 5.75 Å². The van der Waals surface area contributed by atoms with Gasteiger partial charge in [0.1, 0.15) is 12.4 Å². The zero-order valence-corrected chi connectivity index (χ0v) is 11.7. The molecule has 0 aliphatic rings. The van der Waals surface area contributed by atoms with E-state index in [2.05, 4.69) is 5.16 Å². The van der Waals surface area contributed by atoms with Crippen LogP contribution < -0.4 is 16.0 Å². The summed E-state index contributed by atoms with van der Waals surface area (Å²) in [5, 5.41) is 11.7. The van der Waals surface area contributed by atoms with Crippen LogP contribution in [0.3, 0.4) is 0 Å². The third-order valence-electron chi connectivity index (χ3n) is 3.08. The number of nitrogens with zero attached hydrogens (tertiary/aromatic N) is 2. The molecule has 6 heteroatoms. The smallest absolute Gasteiger partial charge is 0.250 e. The first-order chi connectivity index (χ1) is 10.1. The van der Waals surface area contributed by atoms with Crippen LogP contribution in [0.4, 0.5) is 0 Å². The highest BCUT2D eigenvalue weighted by molar-refractivity contribution is 5.97. The number of ether oxygens (including phenoxy) is 1. The lowest BCUT2D eigenvalue weighted by Crippen LogP contribution is -2.21. The first-order valence-corrected chi connectivity index (χ1v) is 6.48. The Hall–Kier alpha value is -2.76. The number of nitrogens with two attached hydrogens (primary N) is 1.